The summed E-state index contributed by atoms with van der Waals surface area (Å²) in [5.74, 6) is 0.621. The van der Waals surface area contributed by atoms with E-state index in [0.717, 1.165) is 27.9 Å². The number of anilines is 2. The molecule has 166 valence electrons. The summed E-state index contributed by atoms with van der Waals surface area (Å²) in [7, 11) is 0. The highest BCUT2D eigenvalue weighted by atomic mass is 16.1. The molecule has 2 aromatic carbocycles. The van der Waals surface area contributed by atoms with Crippen LogP contribution < -0.4 is 11.1 Å². The molecule has 3 aromatic heterocycles. The van der Waals surface area contributed by atoms with E-state index in [2.05, 4.69) is 26.8 Å². The first-order chi connectivity index (χ1) is 16.5. The Labute approximate surface area is 195 Å². The van der Waals surface area contributed by atoms with E-state index in [4.69, 9.17) is 10.7 Å². The monoisotopic (exact) mass is 447 g/mol. The molecule has 0 saturated carbocycles. The highest BCUT2D eigenvalue weighted by Crippen LogP contribution is 2.32. The number of carbonyl (C=O) groups is 1. The van der Waals surface area contributed by atoms with Gasteiger partial charge in [-0.3, -0.25) is 14.3 Å². The van der Waals surface area contributed by atoms with Crippen LogP contribution in [0.5, 0.6) is 0 Å². The lowest BCUT2D eigenvalue weighted by Crippen LogP contribution is -2.14. The molecule has 34 heavy (non-hydrogen) atoms. The maximum Gasteiger partial charge on any atom is 0.256 e. The fourth-order valence-electron chi connectivity index (χ4n) is 3.82. The number of nitrogens with zero attached hydrogens (tertiary/aromatic N) is 5. The van der Waals surface area contributed by atoms with Gasteiger partial charge in [-0.2, -0.15) is 0 Å². The molecule has 0 fully saturated rings. The van der Waals surface area contributed by atoms with E-state index in [9.17, 15) is 4.79 Å². The van der Waals surface area contributed by atoms with Gasteiger partial charge < -0.3 is 11.1 Å². The van der Waals surface area contributed by atoms with E-state index in [1.165, 1.54) is 0 Å². The summed E-state index contributed by atoms with van der Waals surface area (Å²) in [4.78, 5) is 30.2. The lowest BCUT2D eigenvalue weighted by atomic mass is 10.1. The number of aromatic nitrogens is 5. The Morgan fingerprint density at radius 1 is 1.00 bits per heavy atom. The van der Waals surface area contributed by atoms with Crippen molar-refractivity contribution in [3.8, 4) is 22.5 Å². The fraction of sp³-hybridized carbons (Fsp3) is 0.0385. The van der Waals surface area contributed by atoms with Crippen molar-refractivity contribution in [2.45, 2.75) is 6.92 Å². The fourth-order valence-corrected chi connectivity index (χ4v) is 3.82. The molecule has 8 nitrogen and oxygen atoms in total. The van der Waals surface area contributed by atoms with Crippen molar-refractivity contribution in [2.75, 3.05) is 11.1 Å². The largest absolute Gasteiger partial charge is 0.368 e. The predicted molar refractivity (Wildman–Crippen MR) is 134 cm³/mol. The maximum absolute atomic E-state index is 13.2. The van der Waals surface area contributed by atoms with E-state index in [-0.39, 0.29) is 11.9 Å². The third-order valence-electron chi connectivity index (χ3n) is 5.39. The van der Waals surface area contributed by atoms with Crippen LogP contribution in [0.4, 0.5) is 11.6 Å². The molecule has 1 amide bonds. The van der Waals surface area contributed by atoms with Gasteiger partial charge in [-0.1, -0.05) is 30.8 Å². The van der Waals surface area contributed by atoms with Gasteiger partial charge in [0.25, 0.3) is 5.91 Å². The van der Waals surface area contributed by atoms with Gasteiger partial charge >= 0.3 is 0 Å². The summed E-state index contributed by atoms with van der Waals surface area (Å²) in [6, 6.07) is 16.8. The number of carbonyl (C=O) groups excluding carboxylic acids is 1. The number of nitrogen functional groups attached to an aromatic ring is 1. The zero-order chi connectivity index (χ0) is 23.7. The molecular formula is C26H21N7O. The SMILES string of the molecule is C=C(C)n1c(-c2ccccc2C(=O)Nc2ccncc2)nc2cc(-c3cnc(N)nc3)ccc21. The van der Waals surface area contributed by atoms with Crippen LogP contribution in [-0.4, -0.2) is 30.4 Å². The van der Waals surface area contributed by atoms with Crippen LogP contribution in [-0.2, 0) is 0 Å². The number of imidazole rings is 1. The Bertz CT molecular complexity index is 1520. The predicted octanol–water partition coefficient (Wildman–Crippen LogP) is 4.88. The first-order valence-electron chi connectivity index (χ1n) is 10.6. The van der Waals surface area contributed by atoms with Crippen LogP contribution >= 0.6 is 0 Å². The number of pyridine rings is 1. The lowest BCUT2D eigenvalue weighted by molar-refractivity contribution is 0.102. The molecule has 0 aliphatic rings. The smallest absolute Gasteiger partial charge is 0.256 e. The van der Waals surface area contributed by atoms with Crippen LogP contribution in [0, 0.1) is 0 Å². The van der Waals surface area contributed by atoms with Gasteiger partial charge in [-0.25, -0.2) is 15.0 Å². The normalized spacial score (nSPS) is 10.9. The maximum atomic E-state index is 13.2. The zero-order valence-corrected chi connectivity index (χ0v) is 18.4. The number of nitrogens with two attached hydrogens (primary N) is 1. The Balaban J connectivity index is 1.62. The van der Waals surface area contributed by atoms with Crippen LogP contribution in [0.3, 0.4) is 0 Å². The molecule has 0 aliphatic carbocycles. The highest BCUT2D eigenvalue weighted by Gasteiger charge is 2.20. The summed E-state index contributed by atoms with van der Waals surface area (Å²) >= 11 is 0. The summed E-state index contributed by atoms with van der Waals surface area (Å²) in [6.07, 6.45) is 6.62. The molecule has 3 heterocycles. The van der Waals surface area contributed by atoms with Gasteiger partial charge in [-0.15, -0.1) is 0 Å². The first-order valence-corrected chi connectivity index (χ1v) is 10.6. The Morgan fingerprint density at radius 2 is 1.74 bits per heavy atom. The summed E-state index contributed by atoms with van der Waals surface area (Å²) in [5, 5.41) is 2.92. The average molecular weight is 448 g/mol. The third kappa shape index (κ3) is 3.88. The van der Waals surface area contributed by atoms with Crippen molar-refractivity contribution >= 4 is 34.3 Å². The van der Waals surface area contributed by atoms with Crippen LogP contribution in [0.1, 0.15) is 17.3 Å². The number of hydrogen-bond donors (Lipinski definition) is 2. The molecule has 5 aromatic rings. The van der Waals surface area contributed by atoms with E-state index in [1.54, 1.807) is 43.0 Å². The number of nitrogens with one attached hydrogen (secondary N) is 1. The van der Waals surface area contributed by atoms with Crippen molar-refractivity contribution in [1.82, 2.24) is 24.5 Å². The number of benzene rings is 2. The van der Waals surface area contributed by atoms with Gasteiger partial charge in [0.05, 0.1) is 16.6 Å². The Kier molecular flexibility index (Phi) is 5.31. The van der Waals surface area contributed by atoms with Crippen molar-refractivity contribution in [3.63, 3.8) is 0 Å². The second-order valence-corrected chi connectivity index (χ2v) is 7.78. The number of rotatable bonds is 5. The molecule has 0 spiro atoms. The Morgan fingerprint density at radius 3 is 2.47 bits per heavy atom. The topological polar surface area (TPSA) is 112 Å². The zero-order valence-electron chi connectivity index (χ0n) is 18.4. The molecule has 0 aliphatic heterocycles. The number of amides is 1. The van der Waals surface area contributed by atoms with Gasteiger partial charge in [0.2, 0.25) is 5.95 Å². The van der Waals surface area contributed by atoms with Crippen LogP contribution in [0.25, 0.3) is 39.2 Å². The van der Waals surface area contributed by atoms with Crippen molar-refractivity contribution in [2.24, 2.45) is 0 Å². The molecule has 5 rings (SSSR count). The second kappa shape index (κ2) is 8.59. The summed E-state index contributed by atoms with van der Waals surface area (Å²) in [5.41, 5.74) is 11.7. The first kappa shape index (κ1) is 21.0. The van der Waals surface area contributed by atoms with Gasteiger partial charge in [0.15, 0.2) is 0 Å². The molecular weight excluding hydrogens is 426 g/mol. The summed E-state index contributed by atoms with van der Waals surface area (Å²) < 4.78 is 1.96. The quantitative estimate of drug-likeness (QED) is 0.397. The number of allylic oxidation sites excluding steroid dienone is 1. The van der Waals surface area contributed by atoms with Gasteiger partial charge in [0, 0.05) is 47.3 Å². The third-order valence-corrected chi connectivity index (χ3v) is 5.39. The molecule has 0 bridgehead atoms. The van der Waals surface area contributed by atoms with Gasteiger partial charge in [-0.05, 0) is 42.8 Å². The minimum Gasteiger partial charge on any atom is -0.368 e. The molecule has 8 heteroatoms. The molecule has 0 unspecified atom stereocenters. The molecule has 0 radical (unpaired) electrons. The van der Waals surface area contributed by atoms with Crippen LogP contribution in [0.15, 0.2) is 86.0 Å². The van der Waals surface area contributed by atoms with Crippen molar-refractivity contribution < 1.29 is 4.79 Å². The number of hydrogen-bond acceptors (Lipinski definition) is 6. The standard InChI is InChI=1S/C26H21N7O/c1-16(2)33-23-8-7-17(18-14-29-26(27)30-15-18)13-22(23)32-24(33)20-5-3-4-6-21(20)25(34)31-19-9-11-28-12-10-19/h3-15H,1H2,2H3,(H2,27,29,30)(H,28,31,34). The minimum atomic E-state index is -0.234. The highest BCUT2D eigenvalue weighted by molar-refractivity contribution is 6.08. The van der Waals surface area contributed by atoms with E-state index in [0.29, 0.717) is 22.6 Å². The Hall–Kier alpha value is -4.85. The van der Waals surface area contributed by atoms with E-state index < -0.39 is 0 Å². The second-order valence-electron chi connectivity index (χ2n) is 7.78. The number of fused-ring (bicyclic) bond motifs is 1. The minimum absolute atomic E-state index is 0.223. The summed E-state index contributed by atoms with van der Waals surface area (Å²) in [6.45, 7) is 6.06. The van der Waals surface area contributed by atoms with Gasteiger partial charge in [0.1, 0.15) is 5.82 Å². The molecule has 3 N–H and O–H groups in total. The lowest BCUT2D eigenvalue weighted by Gasteiger charge is -2.12. The average Bonchev–Trinajstić information content (AvgIpc) is 3.24. The van der Waals surface area contributed by atoms with Crippen molar-refractivity contribution in [1.29, 1.82) is 0 Å². The van der Waals surface area contributed by atoms with E-state index in [1.807, 2.05) is 47.9 Å². The van der Waals surface area contributed by atoms with Crippen LogP contribution in [0.2, 0.25) is 0 Å². The molecule has 0 saturated heterocycles. The van der Waals surface area contributed by atoms with Crippen molar-refractivity contribution in [3.05, 3.63) is 91.5 Å². The van der Waals surface area contributed by atoms with E-state index >= 15 is 0 Å². The molecule has 0 atom stereocenters.